The molecule has 0 N–H and O–H groups in total. The molecule has 23 heteroatoms. The first-order chi connectivity index (χ1) is 39.0. The topological polar surface area (TPSA) is 137 Å². The van der Waals surface area contributed by atoms with E-state index in [-0.39, 0.29) is 67.4 Å². The molecule has 12 nitrogen and oxygen atoms in total. The molecule has 2 heterocycles. The molecule has 0 radical (unpaired) electrons. The molecule has 0 aliphatic heterocycles. The van der Waals surface area contributed by atoms with Crippen LogP contribution in [0.15, 0.2) is 78.9 Å². The van der Waals surface area contributed by atoms with Gasteiger partial charge in [0.2, 0.25) is 11.8 Å². The quantitative estimate of drug-likeness (QED) is 0.0824. The van der Waals surface area contributed by atoms with Gasteiger partial charge >= 0.3 is 12.4 Å². The van der Waals surface area contributed by atoms with Crippen LogP contribution < -0.4 is 14.5 Å². The van der Waals surface area contributed by atoms with Gasteiger partial charge in [-0.25, -0.2) is 13.2 Å². The van der Waals surface area contributed by atoms with Crippen LogP contribution in [0.1, 0.15) is 111 Å². The maximum Gasteiger partial charge on any atom is 0.435 e. The summed E-state index contributed by atoms with van der Waals surface area (Å²) in [5, 5.41) is 7.18. The van der Waals surface area contributed by atoms with Crippen molar-refractivity contribution in [1.29, 1.82) is 0 Å². The molecule has 1 saturated carbocycles. The minimum atomic E-state index is -5.00. The third-order valence-electron chi connectivity index (χ3n) is 15.9. The zero-order chi connectivity index (χ0) is 60.2. The van der Waals surface area contributed by atoms with Gasteiger partial charge in [0.05, 0.1) is 13.7 Å². The number of nitrogens with zero attached hydrogens (tertiary/aromatic N) is 6. The Morgan fingerprint density at radius 2 is 1.25 bits per heavy atom. The second-order valence-electron chi connectivity index (χ2n) is 22.1. The van der Waals surface area contributed by atoms with Gasteiger partial charge in [0.15, 0.2) is 28.7 Å². The standard InChI is InChI=1S/C30H24F7N3O3.C30H33F4N3O3/c1-39(19-3-4-21-15(9-19)2-5-24(21)42)28(43)16(6-14-7-17(31)11-18(32)8-14)10-20(41)13-40-27-25(26(38-40)30(35,36)37)22-12-23(22)29(27,33)34;1-18-5-10-26-27(13-18)37(35-28(26)30(32,33)34)17-24(38)16-21(14-20-11-19(2)12-22(31)15-20)29(39)36(3)23-6-8-25(40-4)9-7-23/h3-4,7-9,11,16,22-23H,2,5-6,10,12-13H2,1H3;6-9,11-12,15,18,21H,5,10,13-14,16-17H2,1-4H3/t16-,22?,23?;18?,21-/m11/s1. The van der Waals surface area contributed by atoms with Crippen molar-refractivity contribution in [3.05, 3.63) is 158 Å². The van der Waals surface area contributed by atoms with Crippen molar-refractivity contribution in [2.24, 2.45) is 23.7 Å². The smallest absolute Gasteiger partial charge is 0.435 e. The Balaban J connectivity index is 0.000000200. The number of benzene rings is 4. The van der Waals surface area contributed by atoms with Gasteiger partial charge in [-0.1, -0.05) is 13.0 Å². The molecule has 0 saturated heterocycles. The first-order valence-electron chi connectivity index (χ1n) is 26.8. The highest BCUT2D eigenvalue weighted by molar-refractivity contribution is 6.02. The number of aromatic nitrogens is 4. The van der Waals surface area contributed by atoms with E-state index in [1.807, 2.05) is 6.92 Å². The lowest BCUT2D eigenvalue weighted by molar-refractivity contribution is -0.143. The first-order valence-corrected chi connectivity index (χ1v) is 26.8. The van der Waals surface area contributed by atoms with Gasteiger partial charge in [-0.3, -0.25) is 33.3 Å². The molecule has 3 unspecified atom stereocenters. The second-order valence-corrected chi connectivity index (χ2v) is 22.1. The number of aryl methyl sites for hydroxylation is 2. The number of alkyl halides is 8. The number of ether oxygens (including phenoxy) is 1. The van der Waals surface area contributed by atoms with E-state index in [1.165, 1.54) is 36.1 Å². The Bertz CT molecular complexity index is 3480. The van der Waals surface area contributed by atoms with Gasteiger partial charge in [-0.05, 0) is 153 Å². The summed E-state index contributed by atoms with van der Waals surface area (Å²) in [7, 11) is 4.52. The lowest BCUT2D eigenvalue weighted by Gasteiger charge is -2.25. The summed E-state index contributed by atoms with van der Waals surface area (Å²) in [5.41, 5.74) is 0.165. The first kappa shape index (κ1) is 59.9. The summed E-state index contributed by atoms with van der Waals surface area (Å²) in [4.78, 5) is 68.5. The summed E-state index contributed by atoms with van der Waals surface area (Å²) < 4.78 is 161. The van der Waals surface area contributed by atoms with Crippen molar-refractivity contribution in [2.45, 2.75) is 115 Å². The van der Waals surface area contributed by atoms with E-state index >= 15 is 0 Å². The second kappa shape index (κ2) is 23.1. The van der Waals surface area contributed by atoms with Crippen LogP contribution >= 0.6 is 0 Å². The van der Waals surface area contributed by atoms with Crippen molar-refractivity contribution < 1.29 is 77.0 Å². The summed E-state index contributed by atoms with van der Waals surface area (Å²) in [5.74, 6) is -11.8. The van der Waals surface area contributed by atoms with E-state index in [9.17, 15) is 72.3 Å². The Labute approximate surface area is 469 Å². The Morgan fingerprint density at radius 3 is 1.83 bits per heavy atom. The number of carbonyl (C=O) groups excluding carboxylic acids is 5. The predicted molar refractivity (Wildman–Crippen MR) is 280 cm³/mol. The molecule has 4 aliphatic carbocycles. The molecule has 4 aliphatic rings. The molecular weight excluding hydrogens is 1110 g/mol. The average Bonchev–Trinajstić information content (AvgIpc) is 1.57. The summed E-state index contributed by atoms with van der Waals surface area (Å²) in [6.07, 6.45) is -8.74. The van der Waals surface area contributed by atoms with Crippen LogP contribution in [0.3, 0.4) is 0 Å². The molecule has 0 spiro atoms. The Hall–Kier alpha value is -7.72. The van der Waals surface area contributed by atoms with Gasteiger partial charge in [0.1, 0.15) is 35.4 Å². The zero-order valence-corrected chi connectivity index (χ0v) is 45.7. The lowest BCUT2D eigenvalue weighted by atomic mass is 9.87. The molecule has 4 aromatic carbocycles. The fourth-order valence-corrected chi connectivity index (χ4v) is 11.8. The van der Waals surface area contributed by atoms with Crippen LogP contribution in [0.25, 0.3) is 0 Å². The van der Waals surface area contributed by atoms with Gasteiger partial charge in [-0.2, -0.15) is 45.3 Å². The molecule has 5 atom stereocenters. The number of fused-ring (bicyclic) bond motifs is 5. The molecule has 1 fully saturated rings. The number of anilines is 2. The predicted octanol–water partition coefficient (Wildman–Crippen LogP) is 12.0. The number of rotatable bonds is 17. The third-order valence-corrected chi connectivity index (χ3v) is 15.9. The summed E-state index contributed by atoms with van der Waals surface area (Å²) >= 11 is 0. The van der Waals surface area contributed by atoms with E-state index in [2.05, 4.69) is 10.2 Å². The molecule has 2 aromatic heterocycles. The summed E-state index contributed by atoms with van der Waals surface area (Å²) in [6.45, 7) is 2.38. The molecule has 83 heavy (non-hydrogen) atoms. The number of ketones is 3. The maximum absolute atomic E-state index is 15.0. The van der Waals surface area contributed by atoms with E-state index < -0.39 is 112 Å². The zero-order valence-electron chi connectivity index (χ0n) is 45.7. The number of Topliss-reactive ketones (excluding diaryl/α,β-unsaturated/α-hetero) is 3. The van der Waals surface area contributed by atoms with E-state index in [4.69, 9.17) is 4.74 Å². The number of hydrogen-bond acceptors (Lipinski definition) is 8. The molecule has 2 amide bonds. The highest BCUT2D eigenvalue weighted by atomic mass is 19.4. The van der Waals surface area contributed by atoms with Gasteiger partial charge < -0.3 is 14.5 Å². The number of amides is 2. The van der Waals surface area contributed by atoms with Crippen LogP contribution in [0.4, 0.5) is 59.7 Å². The molecule has 0 bridgehead atoms. The maximum atomic E-state index is 15.0. The lowest BCUT2D eigenvalue weighted by Crippen LogP contribution is -2.36. The Kier molecular flexibility index (Phi) is 16.7. The minimum Gasteiger partial charge on any atom is -0.497 e. The summed E-state index contributed by atoms with van der Waals surface area (Å²) in [6, 6.07) is 18.6. The number of halogens is 11. The van der Waals surface area contributed by atoms with E-state index in [0.29, 0.717) is 75.9 Å². The Morgan fingerprint density at radius 1 is 0.711 bits per heavy atom. The van der Waals surface area contributed by atoms with E-state index in [0.717, 1.165) is 22.4 Å². The highest BCUT2D eigenvalue weighted by Gasteiger charge is 2.68. The normalized spacial score (nSPS) is 18.2. The fourth-order valence-electron chi connectivity index (χ4n) is 11.8. The fraction of sp³-hybridized carbons (Fsp3) is 0.417. The average molecular weight is 1170 g/mol. The largest absolute Gasteiger partial charge is 0.497 e. The van der Waals surface area contributed by atoms with Crippen LogP contribution in [-0.2, 0) is 82.6 Å². The van der Waals surface area contributed by atoms with Crippen molar-refractivity contribution >= 4 is 40.5 Å². The third kappa shape index (κ3) is 12.9. The van der Waals surface area contributed by atoms with Crippen LogP contribution in [-0.4, -0.2) is 69.9 Å². The van der Waals surface area contributed by atoms with Crippen molar-refractivity contribution in [2.75, 3.05) is 31.0 Å². The SMILES string of the molecule is CN(C(=O)[C@@H](CC(=O)Cn1nc(C(F)(F)F)c2c1C(F)(F)C1CC21)Cc1cc(F)cc(F)c1)c1ccc2c(c1)CCC2=O.COc1ccc(N(C)C(=O)[C@@H](CC(=O)Cn2nc(C(F)(F)F)c3c2CC(C)CC3)Cc2cc(C)cc(F)c2)cc1. The van der Waals surface area contributed by atoms with Gasteiger partial charge in [-0.15, -0.1) is 0 Å². The van der Waals surface area contributed by atoms with Gasteiger partial charge in [0.25, 0.3) is 5.92 Å². The highest BCUT2D eigenvalue weighted by Crippen LogP contribution is 2.68. The van der Waals surface area contributed by atoms with Crippen molar-refractivity contribution in [1.82, 2.24) is 19.6 Å². The number of hydrogen-bond donors (Lipinski definition) is 0. The molecule has 6 aromatic rings. The van der Waals surface area contributed by atoms with Crippen LogP contribution in [0.5, 0.6) is 5.75 Å². The monoisotopic (exact) mass is 1170 g/mol. The number of methoxy groups -OCH3 is 1. The minimum absolute atomic E-state index is 0.0335. The molecule has 440 valence electrons. The number of carbonyl (C=O) groups is 5. The van der Waals surface area contributed by atoms with Crippen LogP contribution in [0.2, 0.25) is 0 Å². The van der Waals surface area contributed by atoms with Gasteiger partial charge in [0, 0.05) is 90.9 Å². The van der Waals surface area contributed by atoms with Crippen molar-refractivity contribution in [3.63, 3.8) is 0 Å². The molecular formula is C60H57F11N6O6. The molecule has 10 rings (SSSR count). The van der Waals surface area contributed by atoms with E-state index in [1.54, 1.807) is 62.5 Å². The van der Waals surface area contributed by atoms with Crippen molar-refractivity contribution in [3.8, 4) is 5.75 Å². The van der Waals surface area contributed by atoms with Crippen LogP contribution in [0, 0.1) is 48.0 Å².